The molecule has 3 rings (SSSR count). The van der Waals surface area contributed by atoms with E-state index in [9.17, 15) is 13.5 Å². The van der Waals surface area contributed by atoms with Gasteiger partial charge in [-0.05, 0) is 48.2 Å². The molecule has 0 saturated heterocycles. The summed E-state index contributed by atoms with van der Waals surface area (Å²) in [6.07, 6.45) is 0. The number of nitrogens with zero attached hydrogens (tertiary/aromatic N) is 1. The fraction of sp³-hybridized carbons (Fsp3) is 0.294. The van der Waals surface area contributed by atoms with Gasteiger partial charge in [0.15, 0.2) is 0 Å². The van der Waals surface area contributed by atoms with Gasteiger partial charge in [-0.25, -0.2) is 8.42 Å². The van der Waals surface area contributed by atoms with Crippen LogP contribution < -0.4 is 0 Å². The summed E-state index contributed by atoms with van der Waals surface area (Å²) in [5.41, 5.74) is 4.91. The molecule has 22 heavy (non-hydrogen) atoms. The summed E-state index contributed by atoms with van der Waals surface area (Å²) in [6.45, 7) is 4.60. The van der Waals surface area contributed by atoms with E-state index in [4.69, 9.17) is 0 Å². The van der Waals surface area contributed by atoms with Crippen LogP contribution >= 0.6 is 0 Å². The number of benzene rings is 2. The van der Waals surface area contributed by atoms with E-state index in [1.165, 1.54) is 4.31 Å². The zero-order chi connectivity index (χ0) is 15.9. The molecule has 0 spiro atoms. The molecule has 116 valence electrons. The fourth-order valence-electron chi connectivity index (χ4n) is 2.85. The third-order valence-corrected chi connectivity index (χ3v) is 6.12. The Labute approximate surface area is 131 Å². The van der Waals surface area contributed by atoms with E-state index in [-0.39, 0.29) is 6.61 Å². The number of hydrogen-bond acceptors (Lipinski definition) is 3. The highest BCUT2D eigenvalue weighted by molar-refractivity contribution is 7.89. The van der Waals surface area contributed by atoms with Crippen LogP contribution in [0.1, 0.15) is 27.8 Å². The van der Waals surface area contributed by atoms with E-state index in [1.807, 2.05) is 38.1 Å². The molecule has 0 bridgehead atoms. The highest BCUT2D eigenvalue weighted by atomic mass is 32.2. The summed E-state index contributed by atoms with van der Waals surface area (Å²) in [7, 11) is -3.49. The van der Waals surface area contributed by atoms with Crippen LogP contribution in [-0.4, -0.2) is 17.8 Å². The summed E-state index contributed by atoms with van der Waals surface area (Å²) >= 11 is 0. The van der Waals surface area contributed by atoms with Crippen molar-refractivity contribution in [2.75, 3.05) is 0 Å². The Hall–Kier alpha value is -1.69. The predicted molar refractivity (Wildman–Crippen MR) is 84.7 cm³/mol. The van der Waals surface area contributed by atoms with E-state index < -0.39 is 10.0 Å². The molecular weight excluding hydrogens is 298 g/mol. The second kappa shape index (κ2) is 5.50. The molecule has 0 saturated carbocycles. The highest BCUT2D eigenvalue weighted by Gasteiger charge is 2.31. The van der Waals surface area contributed by atoms with Crippen LogP contribution in [0.25, 0.3) is 0 Å². The van der Waals surface area contributed by atoms with Crippen molar-refractivity contribution < 1.29 is 13.5 Å². The maximum absolute atomic E-state index is 12.8. The molecule has 1 aliphatic heterocycles. The Morgan fingerprint density at radius 1 is 1.05 bits per heavy atom. The number of aliphatic hydroxyl groups excluding tert-OH is 1. The molecule has 0 atom stereocenters. The first-order chi connectivity index (χ1) is 10.4. The van der Waals surface area contributed by atoms with Crippen molar-refractivity contribution in [2.45, 2.75) is 38.4 Å². The normalized spacial score (nSPS) is 15.0. The van der Waals surface area contributed by atoms with Crippen LogP contribution in [0.3, 0.4) is 0 Å². The Balaban J connectivity index is 1.95. The fourth-order valence-corrected chi connectivity index (χ4v) is 4.24. The summed E-state index contributed by atoms with van der Waals surface area (Å²) in [5, 5.41) is 9.35. The zero-order valence-electron chi connectivity index (χ0n) is 12.7. The minimum absolute atomic E-state index is 0.0240. The van der Waals surface area contributed by atoms with Crippen LogP contribution in [0.5, 0.6) is 0 Å². The summed E-state index contributed by atoms with van der Waals surface area (Å²) in [5.74, 6) is 0. The smallest absolute Gasteiger partial charge is 0.243 e. The number of sulfonamides is 1. The van der Waals surface area contributed by atoms with Gasteiger partial charge in [-0.2, -0.15) is 4.31 Å². The summed E-state index contributed by atoms with van der Waals surface area (Å²) < 4.78 is 27.0. The van der Waals surface area contributed by atoms with Gasteiger partial charge < -0.3 is 5.11 Å². The van der Waals surface area contributed by atoms with E-state index in [0.717, 1.165) is 27.8 Å². The van der Waals surface area contributed by atoms with E-state index in [0.29, 0.717) is 18.0 Å². The first kappa shape index (κ1) is 15.2. The molecule has 0 unspecified atom stereocenters. The molecule has 0 aliphatic carbocycles. The average Bonchev–Trinajstić information content (AvgIpc) is 2.94. The third-order valence-electron chi connectivity index (χ3n) is 4.32. The van der Waals surface area contributed by atoms with Crippen LogP contribution in [-0.2, 0) is 29.7 Å². The van der Waals surface area contributed by atoms with Gasteiger partial charge in [0.05, 0.1) is 11.5 Å². The van der Waals surface area contributed by atoms with Crippen molar-refractivity contribution in [1.82, 2.24) is 4.31 Å². The van der Waals surface area contributed by atoms with Gasteiger partial charge in [0.1, 0.15) is 0 Å². The molecule has 1 aliphatic rings. The molecule has 1 N–H and O–H groups in total. The van der Waals surface area contributed by atoms with Crippen molar-refractivity contribution in [3.63, 3.8) is 0 Å². The molecule has 0 amide bonds. The molecule has 0 fully saturated rings. The first-order valence-corrected chi connectivity index (χ1v) is 8.65. The average molecular weight is 317 g/mol. The zero-order valence-corrected chi connectivity index (χ0v) is 13.5. The monoisotopic (exact) mass is 317 g/mol. The van der Waals surface area contributed by atoms with E-state index in [1.54, 1.807) is 12.1 Å². The largest absolute Gasteiger partial charge is 0.392 e. The number of hydrogen-bond donors (Lipinski definition) is 1. The Kier molecular flexibility index (Phi) is 3.80. The maximum atomic E-state index is 12.8. The van der Waals surface area contributed by atoms with Crippen LogP contribution in [0.15, 0.2) is 41.3 Å². The molecular formula is C17H19NO3S. The van der Waals surface area contributed by atoms with Crippen molar-refractivity contribution in [3.05, 3.63) is 64.2 Å². The van der Waals surface area contributed by atoms with Gasteiger partial charge in [-0.1, -0.05) is 29.8 Å². The predicted octanol–water partition coefficient (Wildman–Crippen LogP) is 2.50. The van der Waals surface area contributed by atoms with Crippen LogP contribution in [0, 0.1) is 13.8 Å². The van der Waals surface area contributed by atoms with E-state index in [2.05, 4.69) is 0 Å². The minimum Gasteiger partial charge on any atom is -0.392 e. The number of rotatable bonds is 3. The number of fused-ring (bicyclic) bond motifs is 1. The topological polar surface area (TPSA) is 57.6 Å². The Morgan fingerprint density at radius 3 is 2.36 bits per heavy atom. The number of aliphatic hydroxyl groups is 1. The van der Waals surface area contributed by atoms with Gasteiger partial charge in [0, 0.05) is 13.1 Å². The lowest BCUT2D eigenvalue weighted by atomic mass is 9.99. The van der Waals surface area contributed by atoms with Crippen molar-refractivity contribution in [1.29, 1.82) is 0 Å². The Morgan fingerprint density at radius 2 is 1.73 bits per heavy atom. The van der Waals surface area contributed by atoms with Crippen molar-refractivity contribution in [3.8, 4) is 0 Å². The summed E-state index contributed by atoms with van der Waals surface area (Å²) in [4.78, 5) is 0.325. The molecule has 0 aromatic heterocycles. The lowest BCUT2D eigenvalue weighted by molar-refractivity contribution is 0.281. The lowest BCUT2D eigenvalue weighted by Crippen LogP contribution is -2.25. The number of aryl methyl sites for hydroxylation is 1. The van der Waals surface area contributed by atoms with Gasteiger partial charge in [0.25, 0.3) is 0 Å². The minimum atomic E-state index is -3.49. The second-order valence-electron chi connectivity index (χ2n) is 5.73. The lowest BCUT2D eigenvalue weighted by Gasteiger charge is -2.16. The molecule has 2 aromatic carbocycles. The van der Waals surface area contributed by atoms with Crippen molar-refractivity contribution >= 4 is 10.0 Å². The van der Waals surface area contributed by atoms with Crippen molar-refractivity contribution in [2.24, 2.45) is 0 Å². The molecule has 4 nitrogen and oxygen atoms in total. The van der Waals surface area contributed by atoms with Gasteiger partial charge in [-0.15, -0.1) is 0 Å². The molecule has 2 aromatic rings. The molecule has 1 heterocycles. The van der Waals surface area contributed by atoms with Gasteiger partial charge >= 0.3 is 0 Å². The van der Waals surface area contributed by atoms with Gasteiger partial charge in [-0.3, -0.25) is 0 Å². The SMILES string of the molecule is Cc1ccc(S(=O)(=O)N2Cc3ccc(CO)c(C)c3C2)cc1. The highest BCUT2D eigenvalue weighted by Crippen LogP contribution is 2.32. The van der Waals surface area contributed by atoms with Gasteiger partial charge in [0.2, 0.25) is 10.0 Å². The quantitative estimate of drug-likeness (QED) is 0.946. The second-order valence-corrected chi connectivity index (χ2v) is 7.67. The maximum Gasteiger partial charge on any atom is 0.243 e. The molecule has 5 heteroatoms. The standard InChI is InChI=1S/C17H19NO3S/c1-12-3-7-16(8-4-12)22(20,21)18-9-14-5-6-15(11-19)13(2)17(14)10-18/h3-8,19H,9-11H2,1-2H3. The molecule has 0 radical (unpaired) electrons. The van der Waals surface area contributed by atoms with Crippen LogP contribution in [0.4, 0.5) is 0 Å². The van der Waals surface area contributed by atoms with Crippen LogP contribution in [0.2, 0.25) is 0 Å². The summed E-state index contributed by atoms with van der Waals surface area (Å²) in [6, 6.07) is 10.7. The Bertz CT molecular complexity index is 811. The first-order valence-electron chi connectivity index (χ1n) is 7.21. The third kappa shape index (κ3) is 2.45. The van der Waals surface area contributed by atoms with E-state index >= 15 is 0 Å².